The van der Waals surface area contributed by atoms with Crippen molar-refractivity contribution < 1.29 is 0 Å². The van der Waals surface area contributed by atoms with E-state index >= 15 is 0 Å². The van der Waals surface area contributed by atoms with Gasteiger partial charge in [0.2, 0.25) is 0 Å². The van der Waals surface area contributed by atoms with Gasteiger partial charge in [-0.2, -0.15) is 0 Å². The number of rotatable bonds is 0. The molecule has 0 bridgehead atoms. The molecule has 0 atom stereocenters. The van der Waals surface area contributed by atoms with Gasteiger partial charge in [0, 0.05) is 6.20 Å². The van der Waals surface area contributed by atoms with Crippen LogP contribution in [-0.4, -0.2) is 9.97 Å². The van der Waals surface area contributed by atoms with Crippen LogP contribution in [-0.2, 0) is 0 Å². The van der Waals surface area contributed by atoms with Gasteiger partial charge in [-0.25, -0.2) is 9.97 Å². The minimum atomic E-state index is 0.873. The summed E-state index contributed by atoms with van der Waals surface area (Å²) in [5, 5.41) is 1.08. The minimum Gasteiger partial charge on any atom is -0.236 e. The van der Waals surface area contributed by atoms with Crippen LogP contribution in [0.25, 0.3) is 10.3 Å². The molecule has 0 aromatic carbocycles. The molecule has 0 fully saturated rings. The third kappa shape index (κ3) is 3.96. The smallest absolute Gasteiger partial charge is 0.170 e. The normalized spacial score (nSPS) is 8.67. The molecular weight excluding hydrogens is 204 g/mol. The van der Waals surface area contributed by atoms with Gasteiger partial charge in [-0.15, -0.1) is 11.3 Å². The lowest BCUT2D eigenvalue weighted by Crippen LogP contribution is -1.77. The largest absolute Gasteiger partial charge is 0.236 e. The lowest BCUT2D eigenvalue weighted by molar-refractivity contribution is 1.25. The summed E-state index contributed by atoms with van der Waals surface area (Å²) in [5.74, 6) is 0. The number of hydrogen-bond acceptors (Lipinski definition) is 3. The molecule has 3 heteroatoms. The Balaban J connectivity index is 0.000000442. The SMILES string of the molecule is CC.CC.Cc1cnc2nc(C)sc2c1. The molecule has 0 unspecified atom stereocenters. The number of thiazole rings is 1. The first-order valence-electron chi connectivity index (χ1n) is 5.45. The molecule has 0 aliphatic heterocycles. The second kappa shape index (κ2) is 7.35. The van der Waals surface area contributed by atoms with Crippen molar-refractivity contribution in [2.75, 3.05) is 0 Å². The average molecular weight is 224 g/mol. The fourth-order valence-electron chi connectivity index (χ4n) is 1.03. The molecular formula is C12H20N2S. The van der Waals surface area contributed by atoms with E-state index < -0.39 is 0 Å². The molecule has 0 spiro atoms. The molecule has 84 valence electrons. The van der Waals surface area contributed by atoms with Crippen molar-refractivity contribution in [2.45, 2.75) is 41.5 Å². The molecule has 0 amide bonds. The highest BCUT2D eigenvalue weighted by molar-refractivity contribution is 7.18. The fraction of sp³-hybridized carbons (Fsp3) is 0.500. The Morgan fingerprint density at radius 1 is 1.07 bits per heavy atom. The quantitative estimate of drug-likeness (QED) is 0.664. The van der Waals surface area contributed by atoms with Gasteiger partial charge in [0.25, 0.3) is 0 Å². The van der Waals surface area contributed by atoms with Crippen LogP contribution in [0.2, 0.25) is 0 Å². The Bertz CT molecular complexity index is 393. The van der Waals surface area contributed by atoms with Gasteiger partial charge >= 0.3 is 0 Å². The van der Waals surface area contributed by atoms with Gasteiger partial charge in [-0.05, 0) is 25.5 Å². The molecule has 15 heavy (non-hydrogen) atoms. The summed E-state index contributed by atoms with van der Waals surface area (Å²) in [6.07, 6.45) is 1.85. The van der Waals surface area contributed by atoms with Crippen LogP contribution in [0.3, 0.4) is 0 Å². The van der Waals surface area contributed by atoms with Crippen LogP contribution in [0.5, 0.6) is 0 Å². The summed E-state index contributed by atoms with van der Waals surface area (Å²) in [5.41, 5.74) is 2.07. The zero-order valence-corrected chi connectivity index (χ0v) is 11.3. The Labute approximate surface area is 96.4 Å². The van der Waals surface area contributed by atoms with Gasteiger partial charge in [0.05, 0.1) is 9.71 Å². The average Bonchev–Trinajstić information content (AvgIpc) is 2.63. The highest BCUT2D eigenvalue weighted by Crippen LogP contribution is 2.19. The maximum atomic E-state index is 4.26. The monoisotopic (exact) mass is 224 g/mol. The lowest BCUT2D eigenvalue weighted by atomic mass is 10.3. The van der Waals surface area contributed by atoms with E-state index in [2.05, 4.69) is 16.0 Å². The van der Waals surface area contributed by atoms with Crippen LogP contribution in [0.4, 0.5) is 0 Å². The predicted octanol–water partition coefficient (Wildman–Crippen LogP) is 4.36. The molecule has 0 radical (unpaired) electrons. The topological polar surface area (TPSA) is 25.8 Å². The number of pyridine rings is 1. The van der Waals surface area contributed by atoms with Crippen molar-refractivity contribution in [3.05, 3.63) is 22.8 Å². The summed E-state index contributed by atoms with van der Waals surface area (Å²) in [7, 11) is 0. The number of fused-ring (bicyclic) bond motifs is 1. The zero-order chi connectivity index (χ0) is 11.8. The molecule has 2 aromatic rings. The van der Waals surface area contributed by atoms with Crippen molar-refractivity contribution in [2.24, 2.45) is 0 Å². The Morgan fingerprint density at radius 3 is 2.27 bits per heavy atom. The van der Waals surface area contributed by atoms with E-state index in [9.17, 15) is 0 Å². The van der Waals surface area contributed by atoms with Crippen LogP contribution in [0.1, 0.15) is 38.3 Å². The van der Waals surface area contributed by atoms with Crippen LogP contribution < -0.4 is 0 Å². The molecule has 2 aromatic heterocycles. The third-order valence-electron chi connectivity index (χ3n) is 1.49. The van der Waals surface area contributed by atoms with E-state index in [1.165, 1.54) is 10.3 Å². The van der Waals surface area contributed by atoms with Crippen LogP contribution >= 0.6 is 11.3 Å². The number of hydrogen-bond donors (Lipinski definition) is 0. The Morgan fingerprint density at radius 2 is 1.67 bits per heavy atom. The standard InChI is InChI=1S/C8H8N2S.2C2H6/c1-5-3-7-8(9-4-5)10-6(2)11-7;2*1-2/h3-4H,1-2H3;2*1-2H3. The molecule has 2 rings (SSSR count). The minimum absolute atomic E-state index is 0.873. The first-order chi connectivity index (χ1) is 7.25. The molecule has 0 saturated carbocycles. The molecule has 0 saturated heterocycles. The van der Waals surface area contributed by atoms with Gasteiger partial charge in [0.1, 0.15) is 0 Å². The maximum absolute atomic E-state index is 4.26. The third-order valence-corrected chi connectivity index (χ3v) is 2.40. The van der Waals surface area contributed by atoms with Gasteiger partial charge < -0.3 is 0 Å². The summed E-state index contributed by atoms with van der Waals surface area (Å²) in [4.78, 5) is 8.46. The second-order valence-corrected chi connectivity index (χ2v) is 3.80. The Kier molecular flexibility index (Phi) is 6.88. The molecule has 0 aliphatic carbocycles. The zero-order valence-electron chi connectivity index (χ0n) is 10.5. The maximum Gasteiger partial charge on any atom is 0.170 e. The number of nitrogens with zero attached hydrogens (tertiary/aromatic N) is 2. The van der Waals surface area contributed by atoms with E-state index in [4.69, 9.17) is 0 Å². The molecule has 2 heterocycles. The summed E-state index contributed by atoms with van der Waals surface area (Å²) in [6, 6.07) is 2.12. The number of aryl methyl sites for hydroxylation is 2. The van der Waals surface area contributed by atoms with Gasteiger partial charge in [-0.3, -0.25) is 0 Å². The van der Waals surface area contributed by atoms with Crippen molar-refractivity contribution in [1.29, 1.82) is 0 Å². The summed E-state index contributed by atoms with van der Waals surface area (Å²) < 4.78 is 1.18. The van der Waals surface area contributed by atoms with E-state index in [-0.39, 0.29) is 0 Å². The van der Waals surface area contributed by atoms with Crippen molar-refractivity contribution in [3.63, 3.8) is 0 Å². The van der Waals surface area contributed by atoms with Crippen molar-refractivity contribution in [1.82, 2.24) is 9.97 Å². The first-order valence-corrected chi connectivity index (χ1v) is 6.27. The second-order valence-electron chi connectivity index (χ2n) is 2.57. The van der Waals surface area contributed by atoms with Crippen LogP contribution in [0.15, 0.2) is 12.3 Å². The first kappa shape index (κ1) is 14.0. The van der Waals surface area contributed by atoms with E-state index in [0.29, 0.717) is 0 Å². The highest BCUT2D eigenvalue weighted by atomic mass is 32.1. The van der Waals surface area contributed by atoms with Gasteiger partial charge in [0.15, 0.2) is 5.65 Å². The summed E-state index contributed by atoms with van der Waals surface area (Å²) in [6.45, 7) is 12.0. The van der Waals surface area contributed by atoms with Crippen molar-refractivity contribution in [3.8, 4) is 0 Å². The van der Waals surface area contributed by atoms with E-state index in [1.807, 2.05) is 47.7 Å². The Hall–Kier alpha value is -0.960. The predicted molar refractivity (Wildman–Crippen MR) is 69.6 cm³/mol. The summed E-state index contributed by atoms with van der Waals surface area (Å²) >= 11 is 1.69. The fourth-order valence-corrected chi connectivity index (χ4v) is 1.91. The van der Waals surface area contributed by atoms with Crippen molar-refractivity contribution >= 4 is 21.7 Å². The highest BCUT2D eigenvalue weighted by Gasteiger charge is 1.99. The molecule has 2 nitrogen and oxygen atoms in total. The molecule has 0 aliphatic rings. The number of aromatic nitrogens is 2. The van der Waals surface area contributed by atoms with E-state index in [0.717, 1.165) is 10.7 Å². The molecule has 0 N–H and O–H groups in total. The van der Waals surface area contributed by atoms with Gasteiger partial charge in [-0.1, -0.05) is 27.7 Å². The lowest BCUT2D eigenvalue weighted by Gasteiger charge is -1.87. The van der Waals surface area contributed by atoms with E-state index in [1.54, 1.807) is 11.3 Å². The van der Waals surface area contributed by atoms with Crippen LogP contribution in [0, 0.1) is 13.8 Å².